The van der Waals surface area contributed by atoms with Crippen molar-refractivity contribution in [2.24, 2.45) is 0 Å². The van der Waals surface area contributed by atoms with Gasteiger partial charge >= 0.3 is 0 Å². The number of halogens is 1. The predicted molar refractivity (Wildman–Crippen MR) is 83.8 cm³/mol. The Balaban J connectivity index is 1.69. The van der Waals surface area contributed by atoms with Crippen molar-refractivity contribution in [2.75, 3.05) is 39.5 Å². The minimum atomic E-state index is -0.297. The van der Waals surface area contributed by atoms with Gasteiger partial charge in [-0.25, -0.2) is 4.39 Å². The number of hydrogen-bond donors (Lipinski definition) is 2. The number of hydrogen-bond acceptors (Lipinski definition) is 4. The molecule has 3 rings (SSSR count). The van der Waals surface area contributed by atoms with Crippen molar-refractivity contribution in [3.8, 4) is 0 Å². The van der Waals surface area contributed by atoms with Crippen LogP contribution in [-0.2, 0) is 19.7 Å². The first-order valence-electron chi connectivity index (χ1n) is 8.12. The molecule has 1 atom stereocenters. The standard InChI is InChI=1S/C17H23FN2O3/c18-14-3-1-13(2-4-14)17(5-8-22-9-6-17)12-20-16(21)15-11-23-10-7-19-15/h1-4,15,19H,5-12H2,(H,20,21). The Bertz CT molecular complexity index is 523. The number of nitrogens with one attached hydrogen (secondary N) is 2. The Labute approximate surface area is 135 Å². The zero-order valence-electron chi connectivity index (χ0n) is 13.1. The van der Waals surface area contributed by atoms with Gasteiger partial charge in [0, 0.05) is 31.7 Å². The van der Waals surface area contributed by atoms with Gasteiger partial charge in [-0.3, -0.25) is 4.79 Å². The molecule has 1 aromatic rings. The first-order chi connectivity index (χ1) is 11.2. The van der Waals surface area contributed by atoms with Crippen LogP contribution < -0.4 is 10.6 Å². The van der Waals surface area contributed by atoms with Crippen molar-refractivity contribution in [1.29, 1.82) is 0 Å². The topological polar surface area (TPSA) is 59.6 Å². The molecule has 1 amide bonds. The second-order valence-electron chi connectivity index (χ2n) is 6.20. The molecule has 0 radical (unpaired) electrons. The second kappa shape index (κ2) is 7.38. The van der Waals surface area contributed by atoms with E-state index in [1.165, 1.54) is 12.1 Å². The van der Waals surface area contributed by atoms with Gasteiger partial charge in [-0.15, -0.1) is 0 Å². The van der Waals surface area contributed by atoms with Crippen LogP contribution in [0.2, 0.25) is 0 Å². The van der Waals surface area contributed by atoms with Gasteiger partial charge in [0.2, 0.25) is 5.91 Å². The average Bonchev–Trinajstić information content (AvgIpc) is 2.62. The van der Waals surface area contributed by atoms with E-state index in [9.17, 15) is 9.18 Å². The molecule has 126 valence electrons. The minimum absolute atomic E-state index is 0.0438. The average molecular weight is 322 g/mol. The number of carbonyl (C=O) groups excluding carboxylic acids is 1. The number of rotatable bonds is 4. The molecule has 2 fully saturated rings. The lowest BCUT2D eigenvalue weighted by Gasteiger charge is -2.38. The number of ether oxygens (including phenoxy) is 2. The highest BCUT2D eigenvalue weighted by atomic mass is 19.1. The van der Waals surface area contributed by atoms with Gasteiger partial charge in [-0.2, -0.15) is 0 Å². The maximum Gasteiger partial charge on any atom is 0.239 e. The fourth-order valence-corrected chi connectivity index (χ4v) is 3.25. The molecule has 0 bridgehead atoms. The van der Waals surface area contributed by atoms with Crippen molar-refractivity contribution in [1.82, 2.24) is 10.6 Å². The van der Waals surface area contributed by atoms with E-state index in [4.69, 9.17) is 9.47 Å². The van der Waals surface area contributed by atoms with E-state index >= 15 is 0 Å². The zero-order valence-corrected chi connectivity index (χ0v) is 13.1. The third-order valence-electron chi connectivity index (χ3n) is 4.75. The molecule has 0 aliphatic carbocycles. The molecule has 2 N–H and O–H groups in total. The van der Waals surface area contributed by atoms with Gasteiger partial charge in [0.05, 0.1) is 13.2 Å². The number of morpholine rings is 1. The van der Waals surface area contributed by atoms with Crippen molar-refractivity contribution < 1.29 is 18.7 Å². The summed E-state index contributed by atoms with van der Waals surface area (Å²) >= 11 is 0. The summed E-state index contributed by atoms with van der Waals surface area (Å²) in [4.78, 5) is 12.3. The Morgan fingerprint density at radius 2 is 1.96 bits per heavy atom. The summed E-state index contributed by atoms with van der Waals surface area (Å²) in [5, 5.41) is 6.20. The van der Waals surface area contributed by atoms with Crippen molar-refractivity contribution in [3.63, 3.8) is 0 Å². The molecule has 2 saturated heterocycles. The lowest BCUT2D eigenvalue weighted by Crippen LogP contribution is -2.54. The summed E-state index contributed by atoms with van der Waals surface area (Å²) in [5.41, 5.74) is 0.854. The number of amides is 1. The fourth-order valence-electron chi connectivity index (χ4n) is 3.25. The molecule has 0 spiro atoms. The second-order valence-corrected chi connectivity index (χ2v) is 6.20. The largest absolute Gasteiger partial charge is 0.381 e. The highest BCUT2D eigenvalue weighted by Gasteiger charge is 2.35. The van der Waals surface area contributed by atoms with Crippen LogP contribution in [0.15, 0.2) is 24.3 Å². The van der Waals surface area contributed by atoms with Crippen molar-refractivity contribution in [3.05, 3.63) is 35.6 Å². The molecule has 2 aliphatic rings. The van der Waals surface area contributed by atoms with Crippen LogP contribution in [0.25, 0.3) is 0 Å². The first kappa shape index (κ1) is 16.4. The monoisotopic (exact) mass is 322 g/mol. The molecular weight excluding hydrogens is 299 g/mol. The van der Waals surface area contributed by atoms with Crippen molar-refractivity contribution in [2.45, 2.75) is 24.3 Å². The van der Waals surface area contributed by atoms with Crippen LogP contribution in [-0.4, -0.2) is 51.5 Å². The van der Waals surface area contributed by atoms with Crippen LogP contribution in [0, 0.1) is 5.82 Å². The minimum Gasteiger partial charge on any atom is -0.381 e. The van der Waals surface area contributed by atoms with Gasteiger partial charge in [-0.1, -0.05) is 12.1 Å². The summed E-state index contributed by atoms with van der Waals surface area (Å²) in [6, 6.07) is 6.29. The van der Waals surface area contributed by atoms with E-state index in [0.717, 1.165) is 18.4 Å². The Morgan fingerprint density at radius 1 is 1.22 bits per heavy atom. The Hall–Kier alpha value is -1.50. The molecule has 0 saturated carbocycles. The van der Waals surface area contributed by atoms with Crippen LogP contribution in [0.1, 0.15) is 18.4 Å². The Kier molecular flexibility index (Phi) is 5.25. The molecule has 23 heavy (non-hydrogen) atoms. The van der Waals surface area contributed by atoms with E-state index in [1.807, 2.05) is 12.1 Å². The molecule has 1 unspecified atom stereocenters. The fraction of sp³-hybridized carbons (Fsp3) is 0.588. The van der Waals surface area contributed by atoms with Gasteiger partial charge < -0.3 is 20.1 Å². The van der Waals surface area contributed by atoms with Gasteiger partial charge in [0.25, 0.3) is 0 Å². The maximum atomic E-state index is 13.2. The number of benzene rings is 1. The lowest BCUT2D eigenvalue weighted by atomic mass is 9.74. The van der Waals surface area contributed by atoms with Gasteiger partial charge in [0.15, 0.2) is 0 Å². The summed E-state index contributed by atoms with van der Waals surface area (Å²) in [6.45, 7) is 3.56. The quantitative estimate of drug-likeness (QED) is 0.867. The lowest BCUT2D eigenvalue weighted by molar-refractivity contribution is -0.126. The molecular formula is C17H23FN2O3. The summed E-state index contributed by atoms with van der Waals surface area (Å²) < 4.78 is 24.0. The van der Waals surface area contributed by atoms with Crippen LogP contribution >= 0.6 is 0 Å². The number of carbonyl (C=O) groups is 1. The van der Waals surface area contributed by atoms with Gasteiger partial charge in [-0.05, 0) is 30.5 Å². The summed E-state index contributed by atoms with van der Waals surface area (Å²) in [6.07, 6.45) is 1.63. The molecule has 0 aromatic heterocycles. The third-order valence-corrected chi connectivity index (χ3v) is 4.75. The highest BCUT2D eigenvalue weighted by molar-refractivity contribution is 5.82. The van der Waals surface area contributed by atoms with E-state index in [-0.39, 0.29) is 23.2 Å². The van der Waals surface area contributed by atoms with Gasteiger partial charge in [0.1, 0.15) is 11.9 Å². The molecule has 2 aliphatic heterocycles. The zero-order chi connectivity index (χ0) is 16.1. The van der Waals surface area contributed by atoms with E-state index in [1.54, 1.807) is 0 Å². The smallest absolute Gasteiger partial charge is 0.239 e. The normalized spacial score (nSPS) is 24.1. The van der Waals surface area contributed by atoms with Crippen LogP contribution in [0.4, 0.5) is 4.39 Å². The van der Waals surface area contributed by atoms with E-state index in [2.05, 4.69) is 10.6 Å². The Morgan fingerprint density at radius 3 is 2.61 bits per heavy atom. The summed E-state index contributed by atoms with van der Waals surface area (Å²) in [7, 11) is 0. The van der Waals surface area contributed by atoms with Crippen molar-refractivity contribution >= 4 is 5.91 Å². The molecule has 6 heteroatoms. The first-order valence-corrected chi connectivity index (χ1v) is 8.12. The highest BCUT2D eigenvalue weighted by Crippen LogP contribution is 2.34. The van der Waals surface area contributed by atoms with Crippen LogP contribution in [0.3, 0.4) is 0 Å². The van der Waals surface area contributed by atoms with Crippen LogP contribution in [0.5, 0.6) is 0 Å². The molecule has 1 aromatic carbocycles. The predicted octanol–water partition coefficient (Wildman–Crippen LogP) is 0.978. The van der Waals surface area contributed by atoms with E-state index < -0.39 is 0 Å². The molecule has 2 heterocycles. The maximum absolute atomic E-state index is 13.2. The summed E-state index contributed by atoms with van der Waals surface area (Å²) in [5.74, 6) is -0.291. The van der Waals surface area contributed by atoms with E-state index in [0.29, 0.717) is 39.5 Å². The third kappa shape index (κ3) is 3.88. The molecule has 5 nitrogen and oxygen atoms in total. The SMILES string of the molecule is O=C(NCC1(c2ccc(F)cc2)CCOCC1)C1COCCN1.